The Morgan fingerprint density at radius 3 is 2.68 bits per heavy atom. The van der Waals surface area contributed by atoms with Gasteiger partial charge >= 0.3 is 0 Å². The van der Waals surface area contributed by atoms with Crippen molar-refractivity contribution >= 4 is 16.6 Å². The zero-order chi connectivity index (χ0) is 25.1. The molecular weight excluding hydrogens is 463 g/mol. The highest BCUT2D eigenvalue weighted by Gasteiger charge is 2.58. The van der Waals surface area contributed by atoms with E-state index in [1.54, 1.807) is 0 Å². The lowest BCUT2D eigenvalue weighted by Gasteiger charge is -2.55. The van der Waals surface area contributed by atoms with Gasteiger partial charge in [-0.25, -0.2) is 0 Å². The standard InChI is InChI=1S/C31H39FN4O/c1-20-15-25-24-5-2-3-6-26(24)34-29(25)30(36(20)31-12-11-21(16-31)17-31)22-7-9-23(10-8-22)33-27-18-35(14-4-13-32)19-28(27)37/h2-3,5-10,20-21,27-28,30,33-34,37H,4,11-19H2,1H3/t20-,21?,27-,28+,30-,31?/m1/s1. The summed E-state index contributed by atoms with van der Waals surface area (Å²) < 4.78 is 12.6. The molecule has 5 nitrogen and oxygen atoms in total. The molecule has 3 aliphatic carbocycles. The molecule has 3 heterocycles. The number of H-pyrrole nitrogens is 1. The first kappa shape index (κ1) is 23.7. The molecule has 1 aromatic heterocycles. The summed E-state index contributed by atoms with van der Waals surface area (Å²) in [7, 11) is 0. The SMILES string of the molecule is C[C@@H]1Cc2c([nH]c3ccccc23)[C@@H](c2ccc(N[C@@H]3CN(CCCF)C[C@@H]3O)cc2)N1C12CCC(C1)C2. The van der Waals surface area contributed by atoms with Gasteiger partial charge in [0.2, 0.25) is 0 Å². The van der Waals surface area contributed by atoms with Crippen molar-refractivity contribution in [1.29, 1.82) is 0 Å². The molecule has 0 unspecified atom stereocenters. The summed E-state index contributed by atoms with van der Waals surface area (Å²) in [5.74, 6) is 0.922. The normalized spacial score (nSPS) is 33.5. The van der Waals surface area contributed by atoms with E-state index in [0.717, 1.165) is 24.6 Å². The minimum absolute atomic E-state index is 0.0266. The molecule has 37 heavy (non-hydrogen) atoms. The predicted molar refractivity (Wildman–Crippen MR) is 147 cm³/mol. The van der Waals surface area contributed by atoms with Crippen molar-refractivity contribution in [3.05, 3.63) is 65.4 Å². The number of hydrogen-bond donors (Lipinski definition) is 3. The van der Waals surface area contributed by atoms with Crippen molar-refractivity contribution in [3.63, 3.8) is 0 Å². The number of nitrogens with zero attached hydrogens (tertiary/aromatic N) is 2. The lowest BCUT2D eigenvalue weighted by Crippen LogP contribution is -2.59. The molecule has 5 aliphatic rings. The third-order valence-corrected chi connectivity index (χ3v) is 9.83. The van der Waals surface area contributed by atoms with Gasteiger partial charge in [0.15, 0.2) is 0 Å². The Hall–Kier alpha value is -2.41. The number of benzene rings is 2. The van der Waals surface area contributed by atoms with Gasteiger partial charge in [0, 0.05) is 53.5 Å². The van der Waals surface area contributed by atoms with Crippen LogP contribution in [0, 0.1) is 5.92 Å². The maximum absolute atomic E-state index is 12.6. The number of rotatable bonds is 7. The Labute approximate surface area is 219 Å². The molecule has 1 saturated heterocycles. The molecule has 3 saturated carbocycles. The Morgan fingerprint density at radius 1 is 1.11 bits per heavy atom. The predicted octanol–water partition coefficient (Wildman–Crippen LogP) is 5.26. The van der Waals surface area contributed by atoms with Crippen molar-refractivity contribution in [2.75, 3.05) is 31.6 Å². The number of likely N-dealkylation sites (tertiary alicyclic amines) is 1. The van der Waals surface area contributed by atoms with Gasteiger partial charge in [0.25, 0.3) is 0 Å². The van der Waals surface area contributed by atoms with E-state index >= 15 is 0 Å². The monoisotopic (exact) mass is 502 g/mol. The maximum Gasteiger partial charge on any atom is 0.0906 e. The second-order valence-electron chi connectivity index (χ2n) is 12.2. The molecule has 0 amide bonds. The largest absolute Gasteiger partial charge is 0.390 e. The number of aromatic amines is 1. The van der Waals surface area contributed by atoms with Gasteiger partial charge in [-0.2, -0.15) is 0 Å². The highest BCUT2D eigenvalue weighted by atomic mass is 19.1. The number of nitrogens with one attached hydrogen (secondary N) is 2. The third kappa shape index (κ3) is 3.91. The van der Waals surface area contributed by atoms with Crippen molar-refractivity contribution in [1.82, 2.24) is 14.8 Å². The van der Waals surface area contributed by atoms with Crippen molar-refractivity contribution < 1.29 is 9.50 Å². The van der Waals surface area contributed by atoms with E-state index in [1.807, 2.05) is 0 Å². The Bertz CT molecular complexity index is 1260. The summed E-state index contributed by atoms with van der Waals surface area (Å²) in [6, 6.07) is 18.4. The summed E-state index contributed by atoms with van der Waals surface area (Å²) >= 11 is 0. The number of halogens is 1. The van der Waals surface area contributed by atoms with Crippen molar-refractivity contribution in [3.8, 4) is 0 Å². The fraction of sp³-hybridized carbons (Fsp3) is 0.548. The molecule has 6 heteroatoms. The van der Waals surface area contributed by atoms with E-state index in [2.05, 4.69) is 75.6 Å². The Kier molecular flexibility index (Phi) is 5.83. The molecular formula is C31H39FN4O. The number of aliphatic hydroxyl groups is 1. The fourth-order valence-corrected chi connectivity index (χ4v) is 8.22. The number of para-hydroxylation sites is 1. The number of β-amino-alcohol motifs (C(OH)–C–C–N with tert-alkyl or cyclic N) is 1. The zero-order valence-electron chi connectivity index (χ0n) is 21.8. The number of alkyl halides is 1. The number of hydrogen-bond acceptors (Lipinski definition) is 4. The number of aliphatic hydroxyl groups excluding tert-OH is 1. The summed E-state index contributed by atoms with van der Waals surface area (Å²) in [5, 5.41) is 15.5. The molecule has 196 valence electrons. The molecule has 4 atom stereocenters. The molecule has 0 radical (unpaired) electrons. The van der Waals surface area contributed by atoms with Gasteiger partial charge in [-0.1, -0.05) is 30.3 Å². The van der Waals surface area contributed by atoms with Crippen LogP contribution < -0.4 is 5.32 Å². The molecule has 4 fully saturated rings. The van der Waals surface area contributed by atoms with E-state index in [-0.39, 0.29) is 18.8 Å². The number of fused-ring (bicyclic) bond motifs is 4. The van der Waals surface area contributed by atoms with E-state index in [4.69, 9.17) is 0 Å². The topological polar surface area (TPSA) is 54.5 Å². The third-order valence-electron chi connectivity index (χ3n) is 9.83. The van der Waals surface area contributed by atoms with Crippen LogP contribution in [-0.4, -0.2) is 69.9 Å². The first-order valence-corrected chi connectivity index (χ1v) is 14.3. The number of anilines is 1. The summed E-state index contributed by atoms with van der Waals surface area (Å²) in [6.07, 6.45) is 6.60. The lowest BCUT2D eigenvalue weighted by molar-refractivity contribution is -0.0339. The van der Waals surface area contributed by atoms with Gasteiger partial charge in [0.1, 0.15) is 0 Å². The molecule has 2 bridgehead atoms. The molecule has 3 aromatic rings. The van der Waals surface area contributed by atoms with Crippen LogP contribution >= 0.6 is 0 Å². The first-order valence-electron chi connectivity index (χ1n) is 14.3. The highest BCUT2D eigenvalue weighted by molar-refractivity contribution is 5.85. The minimum Gasteiger partial charge on any atom is -0.390 e. The summed E-state index contributed by atoms with van der Waals surface area (Å²) in [4.78, 5) is 8.88. The Balaban J connectivity index is 1.19. The molecule has 2 aliphatic heterocycles. The molecule has 2 aromatic carbocycles. The quantitative estimate of drug-likeness (QED) is 0.412. The molecule has 8 rings (SSSR count). The van der Waals surface area contributed by atoms with Gasteiger partial charge in [0.05, 0.1) is 24.9 Å². The van der Waals surface area contributed by atoms with Gasteiger partial charge < -0.3 is 15.4 Å². The second-order valence-corrected chi connectivity index (χ2v) is 12.2. The van der Waals surface area contributed by atoms with Crippen LogP contribution in [0.3, 0.4) is 0 Å². The van der Waals surface area contributed by atoms with Gasteiger partial charge in [-0.05, 0) is 80.7 Å². The van der Waals surface area contributed by atoms with Crippen LogP contribution in [-0.2, 0) is 6.42 Å². The van der Waals surface area contributed by atoms with E-state index in [0.29, 0.717) is 31.1 Å². The van der Waals surface area contributed by atoms with Gasteiger partial charge in [-0.15, -0.1) is 0 Å². The first-order chi connectivity index (χ1) is 18.0. The smallest absolute Gasteiger partial charge is 0.0906 e. The van der Waals surface area contributed by atoms with E-state index in [9.17, 15) is 9.50 Å². The van der Waals surface area contributed by atoms with Crippen LogP contribution in [0.1, 0.15) is 61.9 Å². The maximum atomic E-state index is 12.6. The summed E-state index contributed by atoms with van der Waals surface area (Å²) in [5.41, 5.74) is 6.82. The Morgan fingerprint density at radius 2 is 1.92 bits per heavy atom. The average Bonchev–Trinajstić information content (AvgIpc) is 3.65. The van der Waals surface area contributed by atoms with Crippen molar-refractivity contribution in [2.45, 2.75) is 75.2 Å². The van der Waals surface area contributed by atoms with Crippen LogP contribution in [0.25, 0.3) is 10.9 Å². The van der Waals surface area contributed by atoms with Crippen LogP contribution in [0.15, 0.2) is 48.5 Å². The lowest BCUT2D eigenvalue weighted by atomic mass is 9.72. The van der Waals surface area contributed by atoms with Gasteiger partial charge in [-0.3, -0.25) is 14.2 Å². The second kappa shape index (κ2) is 9.11. The average molecular weight is 503 g/mol. The van der Waals surface area contributed by atoms with E-state index < -0.39 is 6.10 Å². The van der Waals surface area contributed by atoms with Crippen LogP contribution in [0.5, 0.6) is 0 Å². The van der Waals surface area contributed by atoms with Crippen LogP contribution in [0.4, 0.5) is 10.1 Å². The fourth-order valence-electron chi connectivity index (χ4n) is 8.22. The minimum atomic E-state index is -0.434. The summed E-state index contributed by atoms with van der Waals surface area (Å²) in [6.45, 7) is 4.19. The van der Waals surface area contributed by atoms with Crippen LogP contribution in [0.2, 0.25) is 0 Å². The molecule has 3 N–H and O–H groups in total. The number of aromatic nitrogens is 1. The van der Waals surface area contributed by atoms with E-state index in [1.165, 1.54) is 53.4 Å². The molecule has 0 spiro atoms. The highest BCUT2D eigenvalue weighted by Crippen LogP contribution is 2.60. The van der Waals surface area contributed by atoms with Crippen molar-refractivity contribution in [2.24, 2.45) is 5.92 Å². The zero-order valence-corrected chi connectivity index (χ0v) is 21.8.